The monoisotopic (exact) mass is 279 g/mol. The first-order chi connectivity index (χ1) is 10.2. The Balaban J connectivity index is 1.78. The van der Waals surface area contributed by atoms with Crippen LogP contribution in [-0.4, -0.2) is 19.7 Å². The third-order valence-corrected chi connectivity index (χ3v) is 4.15. The predicted molar refractivity (Wildman–Crippen MR) is 82.8 cm³/mol. The lowest BCUT2D eigenvalue weighted by molar-refractivity contribution is 0.783. The molecule has 3 aromatic rings. The second kappa shape index (κ2) is 4.55. The van der Waals surface area contributed by atoms with Crippen LogP contribution in [0, 0.1) is 6.92 Å². The summed E-state index contributed by atoms with van der Waals surface area (Å²) in [5.41, 5.74) is 6.77. The Hall–Kier alpha value is -2.43. The molecule has 21 heavy (non-hydrogen) atoms. The number of aromatic nitrogens is 4. The van der Waals surface area contributed by atoms with E-state index in [1.807, 2.05) is 18.7 Å². The third kappa shape index (κ3) is 1.96. The molecule has 0 atom stereocenters. The van der Waals surface area contributed by atoms with Gasteiger partial charge < -0.3 is 5.32 Å². The zero-order valence-electron chi connectivity index (χ0n) is 12.2. The average molecular weight is 279 g/mol. The van der Waals surface area contributed by atoms with Gasteiger partial charge in [-0.1, -0.05) is 6.07 Å². The molecule has 1 N–H and O–H groups in total. The fraction of sp³-hybridized carbons (Fsp3) is 0.312. The van der Waals surface area contributed by atoms with Gasteiger partial charge in [0.2, 0.25) is 0 Å². The van der Waals surface area contributed by atoms with Gasteiger partial charge in [-0.15, -0.1) is 0 Å². The number of anilines is 2. The number of hydrogen-bond donors (Lipinski definition) is 1. The van der Waals surface area contributed by atoms with E-state index in [0.29, 0.717) is 0 Å². The third-order valence-electron chi connectivity index (χ3n) is 4.15. The second-order valence-corrected chi connectivity index (χ2v) is 5.59. The summed E-state index contributed by atoms with van der Waals surface area (Å²) < 4.78 is 1.83. The molecule has 0 saturated heterocycles. The minimum Gasteiger partial charge on any atom is -0.338 e. The highest BCUT2D eigenvalue weighted by Crippen LogP contribution is 2.28. The van der Waals surface area contributed by atoms with Crippen LogP contribution in [-0.2, 0) is 19.9 Å². The van der Waals surface area contributed by atoms with E-state index >= 15 is 0 Å². The number of nitrogens with zero attached hydrogens (tertiary/aromatic N) is 4. The first-order valence-electron chi connectivity index (χ1n) is 7.25. The lowest BCUT2D eigenvalue weighted by atomic mass is 10.1. The fourth-order valence-corrected chi connectivity index (χ4v) is 3.15. The number of rotatable bonds is 2. The molecule has 0 saturated carbocycles. The quantitative estimate of drug-likeness (QED) is 0.783. The molecule has 5 heteroatoms. The molecule has 1 aromatic carbocycles. The van der Waals surface area contributed by atoms with Crippen LogP contribution in [0.5, 0.6) is 0 Å². The zero-order chi connectivity index (χ0) is 14.4. The van der Waals surface area contributed by atoms with Crippen LogP contribution in [0.2, 0.25) is 0 Å². The van der Waals surface area contributed by atoms with Gasteiger partial charge in [-0.2, -0.15) is 5.10 Å². The van der Waals surface area contributed by atoms with Crippen molar-refractivity contribution in [3.8, 4) is 0 Å². The standard InChI is InChI=1S/C16H17N5/c1-10-14-15(21(2)20-10)16(18-9-17-14)19-13-7-6-11-4-3-5-12(11)8-13/h6-9H,3-5H2,1-2H3,(H,17,18,19). The summed E-state index contributed by atoms with van der Waals surface area (Å²) in [6, 6.07) is 6.58. The van der Waals surface area contributed by atoms with E-state index in [1.165, 1.54) is 30.4 Å². The molecular formula is C16H17N5. The van der Waals surface area contributed by atoms with Gasteiger partial charge in [0.25, 0.3) is 0 Å². The average Bonchev–Trinajstić information content (AvgIpc) is 3.04. The number of benzene rings is 1. The van der Waals surface area contributed by atoms with Crippen molar-refractivity contribution in [2.75, 3.05) is 5.32 Å². The van der Waals surface area contributed by atoms with E-state index < -0.39 is 0 Å². The summed E-state index contributed by atoms with van der Waals surface area (Å²) >= 11 is 0. The molecule has 1 aliphatic rings. The molecule has 0 radical (unpaired) electrons. The van der Waals surface area contributed by atoms with Gasteiger partial charge in [0.05, 0.1) is 5.69 Å². The van der Waals surface area contributed by atoms with Gasteiger partial charge in [-0.3, -0.25) is 4.68 Å². The Morgan fingerprint density at radius 2 is 2.00 bits per heavy atom. The van der Waals surface area contributed by atoms with E-state index in [4.69, 9.17) is 0 Å². The molecule has 0 bridgehead atoms. The summed E-state index contributed by atoms with van der Waals surface area (Å²) in [6.45, 7) is 1.97. The highest BCUT2D eigenvalue weighted by Gasteiger charge is 2.14. The van der Waals surface area contributed by atoms with Crippen molar-refractivity contribution in [2.45, 2.75) is 26.2 Å². The molecule has 0 unspecified atom stereocenters. The molecule has 5 nitrogen and oxygen atoms in total. The minimum absolute atomic E-state index is 0.807. The van der Waals surface area contributed by atoms with Gasteiger partial charge in [-0.25, -0.2) is 9.97 Å². The van der Waals surface area contributed by atoms with Crippen molar-refractivity contribution >= 4 is 22.5 Å². The summed E-state index contributed by atoms with van der Waals surface area (Å²) in [5.74, 6) is 0.807. The molecule has 2 heterocycles. The summed E-state index contributed by atoms with van der Waals surface area (Å²) in [7, 11) is 1.92. The largest absolute Gasteiger partial charge is 0.338 e. The van der Waals surface area contributed by atoms with Gasteiger partial charge in [0.1, 0.15) is 17.4 Å². The SMILES string of the molecule is Cc1nn(C)c2c(Nc3ccc4c(c3)CCC4)ncnc12. The Kier molecular flexibility index (Phi) is 2.67. The molecule has 0 fully saturated rings. The summed E-state index contributed by atoms with van der Waals surface area (Å²) in [5, 5.41) is 7.84. The number of fused-ring (bicyclic) bond motifs is 2. The Morgan fingerprint density at radius 1 is 1.14 bits per heavy atom. The van der Waals surface area contributed by atoms with Crippen molar-refractivity contribution in [3.63, 3.8) is 0 Å². The van der Waals surface area contributed by atoms with Gasteiger partial charge >= 0.3 is 0 Å². The van der Waals surface area contributed by atoms with Crippen molar-refractivity contribution in [2.24, 2.45) is 7.05 Å². The van der Waals surface area contributed by atoms with Gasteiger partial charge in [0.15, 0.2) is 5.82 Å². The Labute approximate surface area is 123 Å². The molecule has 0 amide bonds. The number of nitrogens with one attached hydrogen (secondary N) is 1. The Morgan fingerprint density at radius 3 is 2.90 bits per heavy atom. The number of hydrogen-bond acceptors (Lipinski definition) is 4. The second-order valence-electron chi connectivity index (χ2n) is 5.59. The van der Waals surface area contributed by atoms with Gasteiger partial charge in [-0.05, 0) is 49.4 Å². The first-order valence-corrected chi connectivity index (χ1v) is 7.25. The van der Waals surface area contributed by atoms with E-state index in [0.717, 1.165) is 28.2 Å². The lowest BCUT2D eigenvalue weighted by Crippen LogP contribution is -2.00. The highest BCUT2D eigenvalue weighted by molar-refractivity contribution is 5.89. The molecule has 0 spiro atoms. The van der Waals surface area contributed by atoms with Crippen molar-refractivity contribution in [3.05, 3.63) is 41.3 Å². The van der Waals surface area contributed by atoms with Crippen LogP contribution in [0.25, 0.3) is 11.0 Å². The molecule has 1 aliphatic carbocycles. The van der Waals surface area contributed by atoms with E-state index in [2.05, 4.69) is 38.6 Å². The molecular weight excluding hydrogens is 262 g/mol. The Bertz CT molecular complexity index is 834. The maximum absolute atomic E-state index is 4.42. The normalized spacial score (nSPS) is 13.6. The van der Waals surface area contributed by atoms with E-state index in [9.17, 15) is 0 Å². The molecule has 2 aromatic heterocycles. The smallest absolute Gasteiger partial charge is 0.160 e. The van der Waals surface area contributed by atoms with Crippen LogP contribution < -0.4 is 5.32 Å². The minimum atomic E-state index is 0.807. The van der Waals surface area contributed by atoms with Crippen LogP contribution in [0.1, 0.15) is 23.2 Å². The predicted octanol–water partition coefficient (Wildman–Crippen LogP) is 2.90. The molecule has 106 valence electrons. The molecule has 0 aliphatic heterocycles. The lowest BCUT2D eigenvalue weighted by Gasteiger charge is -2.09. The summed E-state index contributed by atoms with van der Waals surface area (Å²) in [6.07, 6.45) is 5.23. The van der Waals surface area contributed by atoms with Crippen molar-refractivity contribution in [1.82, 2.24) is 19.7 Å². The van der Waals surface area contributed by atoms with Crippen LogP contribution in [0.3, 0.4) is 0 Å². The molecule has 4 rings (SSSR count). The maximum atomic E-state index is 4.42. The van der Waals surface area contributed by atoms with Crippen molar-refractivity contribution < 1.29 is 0 Å². The van der Waals surface area contributed by atoms with E-state index in [-0.39, 0.29) is 0 Å². The first kappa shape index (κ1) is 12.3. The van der Waals surface area contributed by atoms with Gasteiger partial charge in [0, 0.05) is 12.7 Å². The van der Waals surface area contributed by atoms with E-state index in [1.54, 1.807) is 6.33 Å². The maximum Gasteiger partial charge on any atom is 0.160 e. The highest BCUT2D eigenvalue weighted by atomic mass is 15.3. The summed E-state index contributed by atoms with van der Waals surface area (Å²) in [4.78, 5) is 8.71. The zero-order valence-corrected chi connectivity index (χ0v) is 12.2. The fourth-order valence-electron chi connectivity index (χ4n) is 3.15. The topological polar surface area (TPSA) is 55.6 Å². The van der Waals surface area contributed by atoms with Crippen molar-refractivity contribution in [1.29, 1.82) is 0 Å². The number of aryl methyl sites for hydroxylation is 4. The van der Waals surface area contributed by atoms with Crippen LogP contribution >= 0.6 is 0 Å². The van der Waals surface area contributed by atoms with Crippen LogP contribution in [0.4, 0.5) is 11.5 Å². The van der Waals surface area contributed by atoms with Crippen LogP contribution in [0.15, 0.2) is 24.5 Å².